The van der Waals surface area contributed by atoms with Crippen molar-refractivity contribution < 1.29 is 28.6 Å². The lowest BCUT2D eigenvalue weighted by Gasteiger charge is -2.21. The molecule has 0 spiro atoms. The molecule has 1 amide bonds. The largest absolute Gasteiger partial charge is 0.478 e. The maximum Gasteiger partial charge on any atom is 0.407 e. The number of oxazole rings is 1. The molecule has 3 aromatic rings. The highest BCUT2D eigenvalue weighted by atomic mass is 16.5. The molecule has 0 saturated carbocycles. The minimum absolute atomic E-state index is 0.0239. The topological polar surface area (TPSA) is 111 Å². The van der Waals surface area contributed by atoms with E-state index in [0.29, 0.717) is 23.1 Å². The molecule has 8 heteroatoms. The molecule has 2 aromatic carbocycles. The lowest BCUT2D eigenvalue weighted by atomic mass is 10.1. The standard InChI is InChI=1S/C23H24N2O6/c1-15-19(25-20(30-15)17-9-5-4-6-10-17)14-29-22(28)24-13-16-8-7-11-18(12-16)31-23(2,3)21(26)27/h4-12H,13-14H2,1-3H3,(H,24,28)(H,26,27). The summed E-state index contributed by atoms with van der Waals surface area (Å²) in [5.41, 5.74) is 0.758. The molecule has 1 heterocycles. The van der Waals surface area contributed by atoms with E-state index >= 15 is 0 Å². The molecule has 0 fully saturated rings. The summed E-state index contributed by atoms with van der Waals surface area (Å²) in [4.78, 5) is 27.7. The number of hydrogen-bond donors (Lipinski definition) is 2. The van der Waals surface area contributed by atoms with Gasteiger partial charge < -0.3 is 24.3 Å². The summed E-state index contributed by atoms with van der Waals surface area (Å²) in [6, 6.07) is 16.3. The van der Waals surface area contributed by atoms with Gasteiger partial charge in [0.2, 0.25) is 5.89 Å². The van der Waals surface area contributed by atoms with E-state index in [2.05, 4.69) is 10.3 Å². The number of amides is 1. The Labute approximate surface area is 179 Å². The van der Waals surface area contributed by atoms with Gasteiger partial charge in [0, 0.05) is 12.1 Å². The maximum atomic E-state index is 12.1. The third-order valence-corrected chi connectivity index (χ3v) is 4.48. The van der Waals surface area contributed by atoms with Crippen molar-refractivity contribution in [3.8, 4) is 17.2 Å². The second-order valence-corrected chi connectivity index (χ2v) is 7.38. The fourth-order valence-electron chi connectivity index (χ4n) is 2.68. The zero-order chi connectivity index (χ0) is 22.4. The average Bonchev–Trinajstić information content (AvgIpc) is 3.12. The van der Waals surface area contributed by atoms with Crippen LogP contribution in [-0.2, 0) is 22.7 Å². The van der Waals surface area contributed by atoms with Crippen molar-refractivity contribution in [3.63, 3.8) is 0 Å². The molecular weight excluding hydrogens is 400 g/mol. The molecular formula is C23H24N2O6. The average molecular weight is 424 g/mol. The number of carboxylic acids is 1. The van der Waals surface area contributed by atoms with Gasteiger partial charge in [-0.05, 0) is 50.6 Å². The van der Waals surface area contributed by atoms with Gasteiger partial charge >= 0.3 is 12.1 Å². The summed E-state index contributed by atoms with van der Waals surface area (Å²) in [7, 11) is 0. The Bertz CT molecular complexity index is 1060. The number of aliphatic carboxylic acids is 1. The molecule has 0 aliphatic heterocycles. The van der Waals surface area contributed by atoms with Crippen LogP contribution in [0.2, 0.25) is 0 Å². The van der Waals surface area contributed by atoms with Crippen molar-refractivity contribution in [2.24, 2.45) is 0 Å². The number of aryl methyl sites for hydroxylation is 1. The first-order chi connectivity index (χ1) is 14.7. The number of nitrogens with zero attached hydrogens (tertiary/aromatic N) is 1. The molecule has 1 aromatic heterocycles. The molecule has 0 aliphatic carbocycles. The van der Waals surface area contributed by atoms with E-state index in [-0.39, 0.29) is 13.2 Å². The molecule has 3 rings (SSSR count). The van der Waals surface area contributed by atoms with Crippen LogP contribution in [0.1, 0.15) is 30.9 Å². The Kier molecular flexibility index (Phi) is 6.59. The number of carboxylic acid groups (broad SMARTS) is 1. The minimum atomic E-state index is -1.36. The van der Waals surface area contributed by atoms with Crippen LogP contribution < -0.4 is 10.1 Å². The van der Waals surface area contributed by atoms with Gasteiger partial charge in [-0.2, -0.15) is 0 Å². The smallest absolute Gasteiger partial charge is 0.407 e. The molecule has 162 valence electrons. The summed E-state index contributed by atoms with van der Waals surface area (Å²) in [6.45, 7) is 4.86. The predicted molar refractivity (Wildman–Crippen MR) is 112 cm³/mol. The molecule has 8 nitrogen and oxygen atoms in total. The third kappa shape index (κ3) is 5.85. The first kappa shape index (κ1) is 21.9. The summed E-state index contributed by atoms with van der Waals surface area (Å²) in [5, 5.41) is 11.8. The molecule has 0 unspecified atom stereocenters. The van der Waals surface area contributed by atoms with Gasteiger partial charge in [0.25, 0.3) is 0 Å². The van der Waals surface area contributed by atoms with E-state index in [1.54, 1.807) is 31.2 Å². The van der Waals surface area contributed by atoms with Gasteiger partial charge in [-0.15, -0.1) is 0 Å². The number of rotatable bonds is 8. The SMILES string of the molecule is Cc1oc(-c2ccccc2)nc1COC(=O)NCc1cccc(OC(C)(C)C(=O)O)c1. The van der Waals surface area contributed by atoms with Gasteiger partial charge in [-0.3, -0.25) is 0 Å². The lowest BCUT2D eigenvalue weighted by Crippen LogP contribution is -2.37. The number of alkyl carbamates (subject to hydrolysis) is 1. The maximum absolute atomic E-state index is 12.1. The van der Waals surface area contributed by atoms with Crippen molar-refractivity contribution in [1.29, 1.82) is 0 Å². The summed E-state index contributed by atoms with van der Waals surface area (Å²) in [5.74, 6) is 0.376. The first-order valence-electron chi connectivity index (χ1n) is 9.68. The van der Waals surface area contributed by atoms with Crippen molar-refractivity contribution in [3.05, 3.63) is 71.6 Å². The summed E-state index contributed by atoms with van der Waals surface area (Å²) >= 11 is 0. The molecule has 0 aliphatic rings. The van der Waals surface area contributed by atoms with Crippen LogP contribution in [0.15, 0.2) is 59.0 Å². The van der Waals surface area contributed by atoms with Crippen LogP contribution in [0.25, 0.3) is 11.5 Å². The number of benzene rings is 2. The zero-order valence-electron chi connectivity index (χ0n) is 17.5. The van der Waals surface area contributed by atoms with Crippen LogP contribution in [-0.4, -0.2) is 27.8 Å². The van der Waals surface area contributed by atoms with Gasteiger partial charge in [-0.1, -0.05) is 30.3 Å². The Morgan fingerprint density at radius 3 is 2.58 bits per heavy atom. The van der Waals surface area contributed by atoms with Gasteiger partial charge in [-0.25, -0.2) is 14.6 Å². The van der Waals surface area contributed by atoms with Crippen LogP contribution >= 0.6 is 0 Å². The van der Waals surface area contributed by atoms with Crippen molar-refractivity contribution in [2.75, 3.05) is 0 Å². The van der Waals surface area contributed by atoms with Crippen LogP contribution in [0.4, 0.5) is 4.79 Å². The van der Waals surface area contributed by atoms with E-state index in [4.69, 9.17) is 13.9 Å². The number of carbonyl (C=O) groups is 2. The van der Waals surface area contributed by atoms with Crippen molar-refractivity contribution >= 4 is 12.1 Å². The van der Waals surface area contributed by atoms with Gasteiger partial charge in [0.1, 0.15) is 23.8 Å². The number of ether oxygens (including phenoxy) is 2. The van der Waals surface area contributed by atoms with Crippen LogP contribution in [0.3, 0.4) is 0 Å². The monoisotopic (exact) mass is 424 g/mol. The van der Waals surface area contributed by atoms with Crippen LogP contribution in [0.5, 0.6) is 5.75 Å². The minimum Gasteiger partial charge on any atom is -0.478 e. The van der Waals surface area contributed by atoms with E-state index in [1.807, 2.05) is 30.3 Å². The van der Waals surface area contributed by atoms with E-state index in [9.17, 15) is 14.7 Å². The molecule has 31 heavy (non-hydrogen) atoms. The van der Waals surface area contributed by atoms with Crippen LogP contribution in [0, 0.1) is 6.92 Å². The first-order valence-corrected chi connectivity index (χ1v) is 9.68. The van der Waals surface area contributed by atoms with E-state index < -0.39 is 17.7 Å². The van der Waals surface area contributed by atoms with Gasteiger partial charge in [0.05, 0.1) is 0 Å². The third-order valence-electron chi connectivity index (χ3n) is 4.48. The number of aromatic nitrogens is 1. The fourth-order valence-corrected chi connectivity index (χ4v) is 2.68. The fraction of sp³-hybridized carbons (Fsp3) is 0.261. The molecule has 0 bridgehead atoms. The number of carbonyl (C=O) groups excluding carboxylic acids is 1. The summed E-state index contributed by atoms with van der Waals surface area (Å²) in [6.07, 6.45) is -0.610. The van der Waals surface area contributed by atoms with Crippen molar-refractivity contribution in [2.45, 2.75) is 39.5 Å². The summed E-state index contributed by atoms with van der Waals surface area (Å²) < 4.78 is 16.4. The Morgan fingerprint density at radius 2 is 1.87 bits per heavy atom. The molecule has 0 atom stereocenters. The second kappa shape index (κ2) is 9.34. The zero-order valence-corrected chi connectivity index (χ0v) is 17.5. The number of hydrogen-bond acceptors (Lipinski definition) is 6. The number of nitrogens with one attached hydrogen (secondary N) is 1. The normalized spacial score (nSPS) is 11.1. The lowest BCUT2D eigenvalue weighted by molar-refractivity contribution is -0.152. The van der Waals surface area contributed by atoms with E-state index in [0.717, 1.165) is 11.1 Å². The Morgan fingerprint density at radius 1 is 1.13 bits per heavy atom. The van der Waals surface area contributed by atoms with E-state index in [1.165, 1.54) is 13.8 Å². The molecule has 0 radical (unpaired) electrons. The molecule has 2 N–H and O–H groups in total. The predicted octanol–water partition coefficient (Wildman–Crippen LogP) is 4.32. The van der Waals surface area contributed by atoms with Gasteiger partial charge in [0.15, 0.2) is 5.60 Å². The highest BCUT2D eigenvalue weighted by molar-refractivity contribution is 5.76. The Balaban J connectivity index is 1.53. The second-order valence-electron chi connectivity index (χ2n) is 7.38. The molecule has 0 saturated heterocycles. The quantitative estimate of drug-likeness (QED) is 0.554. The van der Waals surface area contributed by atoms with Crippen molar-refractivity contribution in [1.82, 2.24) is 10.3 Å². The highest BCUT2D eigenvalue weighted by Crippen LogP contribution is 2.22. The highest BCUT2D eigenvalue weighted by Gasteiger charge is 2.29. The Hall–Kier alpha value is -3.81.